The van der Waals surface area contributed by atoms with E-state index >= 15 is 0 Å². The summed E-state index contributed by atoms with van der Waals surface area (Å²) in [6.07, 6.45) is 8.36. The number of nitrogens with zero attached hydrogens (tertiary/aromatic N) is 2. The van der Waals surface area contributed by atoms with E-state index in [2.05, 4.69) is 39.9 Å². The Hall–Kier alpha value is -1.64. The Morgan fingerprint density at radius 3 is 2.48 bits per heavy atom. The summed E-state index contributed by atoms with van der Waals surface area (Å²) in [5.74, 6) is -0.0502. The van der Waals surface area contributed by atoms with Gasteiger partial charge in [0, 0.05) is 30.4 Å². The number of hydrogen-bond acceptors (Lipinski definition) is 5. The van der Waals surface area contributed by atoms with Crippen molar-refractivity contribution in [1.82, 2.24) is 14.5 Å². The van der Waals surface area contributed by atoms with Crippen LogP contribution in [-0.2, 0) is 35.7 Å². The van der Waals surface area contributed by atoms with Gasteiger partial charge < -0.3 is 10.2 Å². The van der Waals surface area contributed by atoms with Crippen LogP contribution in [0.5, 0.6) is 0 Å². The molecule has 0 radical (unpaired) electrons. The molecule has 5 rings (SSSR count). The zero-order chi connectivity index (χ0) is 21.8. The molecule has 2 aliphatic carbocycles. The number of rotatable bonds is 4. The van der Waals surface area contributed by atoms with E-state index in [0.717, 1.165) is 70.1 Å². The number of aryl methyl sites for hydroxylation is 2. The number of hydrogen-bond donors (Lipinski definition) is 2. The highest BCUT2D eigenvalue weighted by atomic mass is 32.2. The highest BCUT2D eigenvalue weighted by Gasteiger charge is 2.46. The summed E-state index contributed by atoms with van der Waals surface area (Å²) in [4.78, 5) is 17.4. The zero-order valence-corrected chi connectivity index (χ0v) is 19.5. The van der Waals surface area contributed by atoms with Crippen LogP contribution in [-0.4, -0.2) is 68.3 Å². The molecule has 2 fully saturated rings. The van der Waals surface area contributed by atoms with Gasteiger partial charge in [0.1, 0.15) is 0 Å². The van der Waals surface area contributed by atoms with Crippen molar-refractivity contribution in [3.8, 4) is 0 Å². The number of benzene rings is 1. The Kier molecular flexibility index (Phi) is 5.30. The molecule has 8 heteroatoms. The van der Waals surface area contributed by atoms with Gasteiger partial charge in [0.2, 0.25) is 10.0 Å². The van der Waals surface area contributed by atoms with E-state index in [1.54, 1.807) is 0 Å². The summed E-state index contributed by atoms with van der Waals surface area (Å²) in [7, 11) is -1.70. The van der Waals surface area contributed by atoms with Crippen LogP contribution in [0.25, 0.3) is 0 Å². The summed E-state index contributed by atoms with van der Waals surface area (Å²) in [5.41, 5.74) is 5.94. The van der Waals surface area contributed by atoms with Crippen LogP contribution in [0.3, 0.4) is 0 Å². The van der Waals surface area contributed by atoms with Gasteiger partial charge in [-0.25, -0.2) is 17.9 Å². The molecule has 2 aliphatic heterocycles. The molecular weight excluding hydrogens is 412 g/mol. The number of anilines is 1. The van der Waals surface area contributed by atoms with Gasteiger partial charge >= 0.3 is 6.03 Å². The van der Waals surface area contributed by atoms with E-state index < -0.39 is 16.1 Å². The van der Waals surface area contributed by atoms with Crippen molar-refractivity contribution in [2.45, 2.75) is 69.9 Å². The van der Waals surface area contributed by atoms with E-state index in [1.165, 1.54) is 22.3 Å². The first-order chi connectivity index (χ1) is 14.7. The number of carbonyl (C=O) groups excluding carboxylic acids is 1. The van der Waals surface area contributed by atoms with Gasteiger partial charge in [-0.15, -0.1) is 0 Å². The Bertz CT molecular complexity index is 976. The van der Waals surface area contributed by atoms with Gasteiger partial charge in [-0.2, -0.15) is 0 Å². The molecule has 0 aromatic heterocycles. The summed E-state index contributed by atoms with van der Waals surface area (Å²) >= 11 is 0. The Morgan fingerprint density at radius 2 is 1.81 bits per heavy atom. The summed E-state index contributed by atoms with van der Waals surface area (Å²) in [6, 6.07) is 1.58. The number of likely N-dealkylation sites (N-methyl/N-ethyl adjacent to an activating group) is 1. The lowest BCUT2D eigenvalue weighted by molar-refractivity contribution is 0.0138. The van der Waals surface area contributed by atoms with E-state index in [9.17, 15) is 13.2 Å². The molecule has 4 aliphatic rings. The number of fused-ring (bicyclic) bond motifs is 3. The number of piperazine rings is 1. The molecule has 1 aromatic rings. The predicted octanol–water partition coefficient (Wildman–Crippen LogP) is 2.28. The molecule has 31 heavy (non-hydrogen) atoms. The normalized spacial score (nSPS) is 28.3. The fraction of sp³-hybridized carbons (Fsp3) is 0.696. The maximum atomic E-state index is 12.9. The van der Waals surface area contributed by atoms with Gasteiger partial charge in [-0.1, -0.05) is 6.07 Å². The van der Waals surface area contributed by atoms with Gasteiger partial charge in [0.25, 0.3) is 0 Å². The zero-order valence-electron chi connectivity index (χ0n) is 18.7. The van der Waals surface area contributed by atoms with E-state index in [0.29, 0.717) is 6.54 Å². The smallest absolute Gasteiger partial charge is 0.307 e. The standard InChI is InChI=1S/C23H34N4O3S/c1-23-10-5-11-27(23)18(13-26(2)15-23)14-31(29,30)25-22(28)24-21-19-8-3-6-16(19)12-17-7-4-9-20(17)21/h12,18H,3-11,13-15H2,1-2H3,(H2,24,25,28)/t18?,23-/m0/s1. The molecular formula is C23H34N4O3S. The fourth-order valence-electron chi connectivity index (χ4n) is 6.63. The lowest BCUT2D eigenvalue weighted by Gasteiger charge is -2.48. The van der Waals surface area contributed by atoms with Crippen molar-refractivity contribution in [2.75, 3.05) is 37.8 Å². The number of nitrogens with one attached hydrogen (secondary N) is 2. The second-order valence-electron chi connectivity index (χ2n) is 10.2. The van der Waals surface area contributed by atoms with E-state index in [-0.39, 0.29) is 17.3 Å². The van der Waals surface area contributed by atoms with Crippen LogP contribution in [0.1, 0.15) is 54.9 Å². The number of carbonyl (C=O) groups is 1. The number of sulfonamides is 1. The van der Waals surface area contributed by atoms with Crippen molar-refractivity contribution >= 4 is 21.7 Å². The third-order valence-corrected chi connectivity index (χ3v) is 9.07. The molecule has 170 valence electrons. The summed E-state index contributed by atoms with van der Waals surface area (Å²) in [5, 5.41) is 2.95. The highest BCUT2D eigenvalue weighted by Crippen LogP contribution is 2.39. The molecule has 2 heterocycles. The van der Waals surface area contributed by atoms with Crippen LogP contribution < -0.4 is 10.0 Å². The Morgan fingerprint density at radius 1 is 1.13 bits per heavy atom. The molecule has 2 N–H and O–H groups in total. The van der Waals surface area contributed by atoms with Gasteiger partial charge in [0.15, 0.2) is 0 Å². The average Bonchev–Trinajstić information content (AvgIpc) is 3.38. The topological polar surface area (TPSA) is 81.8 Å². The maximum absolute atomic E-state index is 12.9. The van der Waals surface area contributed by atoms with Gasteiger partial charge in [0.05, 0.1) is 5.75 Å². The molecule has 2 atom stereocenters. The first-order valence-corrected chi connectivity index (χ1v) is 13.3. The van der Waals surface area contributed by atoms with E-state index in [4.69, 9.17) is 0 Å². The average molecular weight is 447 g/mol. The largest absolute Gasteiger partial charge is 0.332 e. The van der Waals surface area contributed by atoms with Crippen LogP contribution in [0.4, 0.5) is 10.5 Å². The van der Waals surface area contributed by atoms with Crippen molar-refractivity contribution in [3.05, 3.63) is 28.3 Å². The minimum absolute atomic E-state index is 0.0284. The SMILES string of the molecule is CN1CC(CS(=O)(=O)NC(=O)Nc2c3c(cc4c2CCC4)CCC3)N2CCC[C@@]2(C)C1. The second kappa shape index (κ2) is 7.74. The minimum Gasteiger partial charge on any atom is -0.307 e. The highest BCUT2D eigenvalue weighted by molar-refractivity contribution is 7.90. The minimum atomic E-state index is -3.75. The Labute approximate surface area is 185 Å². The molecule has 2 saturated heterocycles. The maximum Gasteiger partial charge on any atom is 0.332 e. The van der Waals surface area contributed by atoms with Crippen LogP contribution in [0.2, 0.25) is 0 Å². The summed E-state index contributed by atoms with van der Waals surface area (Å²) < 4.78 is 28.2. The first kappa shape index (κ1) is 21.2. The van der Waals surface area contributed by atoms with Gasteiger partial charge in [-0.05, 0) is 94.1 Å². The number of amides is 2. The van der Waals surface area contributed by atoms with E-state index in [1.807, 2.05) is 0 Å². The molecule has 1 aromatic carbocycles. The molecule has 0 spiro atoms. The van der Waals surface area contributed by atoms with Crippen molar-refractivity contribution in [3.63, 3.8) is 0 Å². The predicted molar refractivity (Wildman–Crippen MR) is 122 cm³/mol. The lowest BCUT2D eigenvalue weighted by atomic mass is 9.94. The van der Waals surface area contributed by atoms with Crippen molar-refractivity contribution in [1.29, 1.82) is 0 Å². The monoisotopic (exact) mass is 446 g/mol. The van der Waals surface area contributed by atoms with Crippen LogP contribution >= 0.6 is 0 Å². The number of urea groups is 1. The molecule has 0 saturated carbocycles. The third kappa shape index (κ3) is 3.98. The molecule has 2 amide bonds. The first-order valence-electron chi connectivity index (χ1n) is 11.7. The Balaban J connectivity index is 1.30. The van der Waals surface area contributed by atoms with Crippen molar-refractivity contribution in [2.24, 2.45) is 0 Å². The molecule has 1 unspecified atom stereocenters. The lowest BCUT2D eigenvalue weighted by Crippen LogP contribution is -2.63. The quantitative estimate of drug-likeness (QED) is 0.742. The van der Waals surface area contributed by atoms with Crippen LogP contribution in [0, 0.1) is 0 Å². The summed E-state index contributed by atoms with van der Waals surface area (Å²) in [6.45, 7) is 4.82. The second-order valence-corrected chi connectivity index (χ2v) is 12.0. The fourth-order valence-corrected chi connectivity index (χ4v) is 7.84. The molecule has 7 nitrogen and oxygen atoms in total. The van der Waals surface area contributed by atoms with Gasteiger partial charge in [-0.3, -0.25) is 4.90 Å². The third-order valence-electron chi connectivity index (χ3n) is 7.75. The molecule has 0 bridgehead atoms. The van der Waals surface area contributed by atoms with Crippen LogP contribution in [0.15, 0.2) is 6.07 Å². The van der Waals surface area contributed by atoms with Crippen molar-refractivity contribution < 1.29 is 13.2 Å².